The first-order valence-corrected chi connectivity index (χ1v) is 7.44. The number of halogens is 4. The van der Waals surface area contributed by atoms with Crippen LogP contribution in [-0.4, -0.2) is 32.2 Å². The zero-order valence-electron chi connectivity index (χ0n) is 12.0. The van der Waals surface area contributed by atoms with Gasteiger partial charge in [-0.1, -0.05) is 30.7 Å². The molecule has 0 saturated heterocycles. The minimum Gasteiger partial charge on any atom is -0.375 e. The molecule has 0 heterocycles. The maximum absolute atomic E-state index is 13.4. The molecule has 1 aromatic carbocycles. The predicted octanol–water partition coefficient (Wildman–Crippen LogP) is 4.06. The van der Waals surface area contributed by atoms with Crippen molar-refractivity contribution in [3.8, 4) is 0 Å². The Morgan fingerprint density at radius 3 is 2.76 bits per heavy atom. The Morgan fingerprint density at radius 2 is 2.10 bits per heavy atom. The van der Waals surface area contributed by atoms with Crippen LogP contribution in [0.3, 0.4) is 0 Å². The van der Waals surface area contributed by atoms with Gasteiger partial charge in [-0.25, -0.2) is 13.2 Å². The average Bonchev–Trinajstić information content (AvgIpc) is 2.45. The van der Waals surface area contributed by atoms with Gasteiger partial charge < -0.3 is 10.1 Å². The number of benzene rings is 1. The number of nitrogens with one attached hydrogen (secondary N) is 1. The summed E-state index contributed by atoms with van der Waals surface area (Å²) in [6.45, 7) is 2.51. The Morgan fingerprint density at radius 1 is 1.33 bits per heavy atom. The Kier molecular flexibility index (Phi) is 8.73. The average molecular weight is 324 g/mol. The molecule has 1 atom stereocenters. The first kappa shape index (κ1) is 18.3. The third-order valence-corrected chi connectivity index (χ3v) is 3.46. The Hall–Kier alpha value is -0.780. The van der Waals surface area contributed by atoms with Crippen molar-refractivity contribution in [2.24, 2.45) is 0 Å². The molecular weight excluding hydrogens is 303 g/mol. The van der Waals surface area contributed by atoms with Crippen LogP contribution < -0.4 is 5.32 Å². The van der Waals surface area contributed by atoms with Crippen molar-refractivity contribution in [2.75, 3.05) is 19.8 Å². The summed E-state index contributed by atoms with van der Waals surface area (Å²) in [5, 5.41) is 3.42. The summed E-state index contributed by atoms with van der Waals surface area (Å²) in [5.41, 5.74) is 0.708. The molecule has 0 radical (unpaired) electrons. The molecule has 0 fully saturated rings. The van der Waals surface area contributed by atoms with E-state index >= 15 is 0 Å². The number of alkyl halides is 2. The molecule has 0 aliphatic carbocycles. The summed E-state index contributed by atoms with van der Waals surface area (Å²) in [4.78, 5) is 0. The summed E-state index contributed by atoms with van der Waals surface area (Å²) >= 11 is 5.94. The van der Waals surface area contributed by atoms with Crippen LogP contribution >= 0.6 is 11.6 Å². The molecule has 0 aromatic heterocycles. The molecule has 6 heteroatoms. The molecule has 2 nitrogen and oxygen atoms in total. The monoisotopic (exact) mass is 323 g/mol. The maximum atomic E-state index is 13.4. The highest BCUT2D eigenvalue weighted by molar-refractivity contribution is 6.31. The van der Waals surface area contributed by atoms with Crippen LogP contribution in [0.1, 0.15) is 25.3 Å². The fraction of sp³-hybridized carbons (Fsp3) is 0.600. The van der Waals surface area contributed by atoms with Gasteiger partial charge in [0, 0.05) is 12.6 Å². The van der Waals surface area contributed by atoms with E-state index in [1.165, 1.54) is 6.07 Å². The second-order valence-electron chi connectivity index (χ2n) is 4.82. The lowest BCUT2D eigenvalue weighted by Gasteiger charge is -2.19. The molecule has 0 saturated carbocycles. The van der Waals surface area contributed by atoms with Crippen molar-refractivity contribution < 1.29 is 17.9 Å². The van der Waals surface area contributed by atoms with E-state index in [1.807, 2.05) is 6.92 Å². The van der Waals surface area contributed by atoms with E-state index in [2.05, 4.69) is 5.32 Å². The third-order valence-electron chi connectivity index (χ3n) is 3.04. The number of hydrogen-bond acceptors (Lipinski definition) is 2. The highest BCUT2D eigenvalue weighted by Crippen LogP contribution is 2.21. The van der Waals surface area contributed by atoms with E-state index in [0.717, 1.165) is 13.0 Å². The molecule has 21 heavy (non-hydrogen) atoms. The van der Waals surface area contributed by atoms with Crippen LogP contribution in [0.25, 0.3) is 0 Å². The molecule has 1 aromatic rings. The topological polar surface area (TPSA) is 21.3 Å². The van der Waals surface area contributed by atoms with E-state index in [-0.39, 0.29) is 17.7 Å². The Labute approximate surface area is 128 Å². The Bertz CT molecular complexity index is 418. The van der Waals surface area contributed by atoms with Crippen LogP contribution in [-0.2, 0) is 11.2 Å². The fourth-order valence-electron chi connectivity index (χ4n) is 1.99. The molecule has 0 amide bonds. The van der Waals surface area contributed by atoms with Crippen molar-refractivity contribution >= 4 is 11.6 Å². The minimum atomic E-state index is -2.45. The van der Waals surface area contributed by atoms with E-state index in [1.54, 1.807) is 12.1 Å². The molecule has 1 N–H and O–H groups in total. The third kappa shape index (κ3) is 7.16. The largest absolute Gasteiger partial charge is 0.375 e. The molecule has 1 unspecified atom stereocenters. The summed E-state index contributed by atoms with van der Waals surface area (Å²) in [7, 11) is 0. The van der Waals surface area contributed by atoms with Gasteiger partial charge in [-0.2, -0.15) is 0 Å². The van der Waals surface area contributed by atoms with Crippen LogP contribution in [0.5, 0.6) is 0 Å². The van der Waals surface area contributed by atoms with Crippen molar-refractivity contribution in [1.29, 1.82) is 0 Å². The quantitative estimate of drug-likeness (QED) is 0.656. The van der Waals surface area contributed by atoms with E-state index in [4.69, 9.17) is 16.3 Å². The molecule has 120 valence electrons. The van der Waals surface area contributed by atoms with Gasteiger partial charge in [0.15, 0.2) is 0 Å². The zero-order chi connectivity index (χ0) is 15.7. The second kappa shape index (κ2) is 10.0. The number of hydrogen-bond donors (Lipinski definition) is 1. The van der Waals surface area contributed by atoms with Crippen LogP contribution in [0.2, 0.25) is 5.02 Å². The lowest BCUT2D eigenvalue weighted by molar-refractivity contribution is 0.0144. The van der Waals surface area contributed by atoms with E-state index < -0.39 is 18.8 Å². The Balaban J connectivity index is 2.54. The SMILES string of the molecule is CCCNC(CCOCC(F)F)Cc1cccc(F)c1Cl. The standard InChI is InChI=1S/C15H21ClF3NO/c1-2-7-20-12(6-8-21-10-14(18)19)9-11-4-3-5-13(17)15(11)16/h3-5,12,14,20H,2,6-10H2,1H3. The zero-order valence-corrected chi connectivity index (χ0v) is 12.8. The maximum Gasteiger partial charge on any atom is 0.261 e. The molecule has 0 aliphatic heterocycles. The van der Waals surface area contributed by atoms with Crippen LogP contribution in [0, 0.1) is 5.82 Å². The number of rotatable bonds is 10. The van der Waals surface area contributed by atoms with Crippen molar-refractivity contribution in [2.45, 2.75) is 38.7 Å². The minimum absolute atomic E-state index is 0.0157. The summed E-state index contributed by atoms with van der Waals surface area (Å²) < 4.78 is 42.3. The van der Waals surface area contributed by atoms with Crippen molar-refractivity contribution in [3.63, 3.8) is 0 Å². The lowest BCUT2D eigenvalue weighted by atomic mass is 10.0. The second-order valence-corrected chi connectivity index (χ2v) is 5.20. The van der Waals surface area contributed by atoms with Crippen molar-refractivity contribution in [3.05, 3.63) is 34.6 Å². The summed E-state index contributed by atoms with van der Waals surface area (Å²) in [6, 6.07) is 4.71. The van der Waals surface area contributed by atoms with E-state index in [9.17, 15) is 13.2 Å². The van der Waals surface area contributed by atoms with Gasteiger partial charge in [0.1, 0.15) is 12.4 Å². The molecule has 0 spiro atoms. The molecular formula is C15H21ClF3NO. The fourth-order valence-corrected chi connectivity index (χ4v) is 2.20. The normalized spacial score (nSPS) is 12.9. The van der Waals surface area contributed by atoms with Gasteiger partial charge >= 0.3 is 0 Å². The summed E-state index contributed by atoms with van der Waals surface area (Å²) in [6.07, 6.45) is -0.399. The first-order valence-electron chi connectivity index (χ1n) is 7.06. The smallest absolute Gasteiger partial charge is 0.261 e. The van der Waals surface area contributed by atoms with Crippen LogP contribution in [0.15, 0.2) is 18.2 Å². The van der Waals surface area contributed by atoms with Gasteiger partial charge in [-0.3, -0.25) is 0 Å². The van der Waals surface area contributed by atoms with E-state index in [0.29, 0.717) is 18.4 Å². The first-order chi connectivity index (χ1) is 10.0. The predicted molar refractivity (Wildman–Crippen MR) is 78.6 cm³/mol. The molecule has 0 aliphatic rings. The van der Waals surface area contributed by atoms with Gasteiger partial charge in [-0.05, 0) is 37.4 Å². The van der Waals surface area contributed by atoms with Gasteiger partial charge in [0.25, 0.3) is 6.43 Å². The number of ether oxygens (including phenoxy) is 1. The molecule has 0 bridgehead atoms. The molecule has 1 rings (SSSR count). The highest BCUT2D eigenvalue weighted by Gasteiger charge is 2.13. The van der Waals surface area contributed by atoms with Crippen molar-refractivity contribution in [1.82, 2.24) is 5.32 Å². The van der Waals surface area contributed by atoms with Gasteiger partial charge in [-0.15, -0.1) is 0 Å². The highest BCUT2D eigenvalue weighted by atomic mass is 35.5. The van der Waals surface area contributed by atoms with Gasteiger partial charge in [0.2, 0.25) is 0 Å². The van der Waals surface area contributed by atoms with Gasteiger partial charge in [0.05, 0.1) is 5.02 Å². The van der Waals surface area contributed by atoms with Crippen LogP contribution in [0.4, 0.5) is 13.2 Å². The summed E-state index contributed by atoms with van der Waals surface area (Å²) in [5.74, 6) is -0.447. The lowest BCUT2D eigenvalue weighted by Crippen LogP contribution is -2.33.